The molecule has 2 rings (SSSR count). The van der Waals surface area contributed by atoms with Gasteiger partial charge in [-0.3, -0.25) is 4.99 Å². The molecule has 2 heterocycles. The zero-order valence-corrected chi connectivity index (χ0v) is 11.8. The maximum absolute atomic E-state index is 9.18. The first-order chi connectivity index (χ1) is 8.84. The molecule has 6 heteroatoms. The van der Waals surface area contributed by atoms with Crippen LogP contribution in [0.2, 0.25) is 0 Å². The van der Waals surface area contributed by atoms with Crippen LogP contribution in [0.25, 0.3) is 0 Å². The van der Waals surface area contributed by atoms with Crippen molar-refractivity contribution in [3.05, 3.63) is 24.2 Å². The Balaban J connectivity index is 2.21. The Kier molecular flexibility index (Phi) is 3.36. The number of nitrogens with one attached hydrogen (secondary N) is 2. The van der Waals surface area contributed by atoms with Gasteiger partial charge in [-0.25, -0.2) is 4.68 Å². The van der Waals surface area contributed by atoms with Gasteiger partial charge in [0.1, 0.15) is 11.5 Å². The molecule has 1 aliphatic rings. The number of anilines is 1. The van der Waals surface area contributed by atoms with E-state index < -0.39 is 5.66 Å². The molecule has 1 aromatic heterocycles. The molecule has 1 unspecified atom stereocenters. The van der Waals surface area contributed by atoms with E-state index in [2.05, 4.69) is 41.5 Å². The quantitative estimate of drug-likeness (QED) is 0.768. The largest absolute Gasteiger partial charge is 0.390 e. The normalized spacial score (nSPS) is 22.9. The molecular formula is C13H21N5O. The van der Waals surface area contributed by atoms with Crippen LogP contribution in [0, 0.1) is 0 Å². The maximum Gasteiger partial charge on any atom is 0.143 e. The predicted octanol–water partition coefficient (Wildman–Crippen LogP) is 1.27. The highest BCUT2D eigenvalue weighted by atomic mass is 16.3. The average molecular weight is 263 g/mol. The van der Waals surface area contributed by atoms with Crippen LogP contribution in [0.3, 0.4) is 0 Å². The monoisotopic (exact) mass is 263 g/mol. The van der Waals surface area contributed by atoms with Crippen molar-refractivity contribution in [3.63, 3.8) is 0 Å². The van der Waals surface area contributed by atoms with E-state index in [-0.39, 0.29) is 12.1 Å². The summed E-state index contributed by atoms with van der Waals surface area (Å²) in [5.41, 5.74) is 0.0267. The minimum atomic E-state index is -0.546. The number of aromatic nitrogens is 2. The van der Waals surface area contributed by atoms with E-state index in [4.69, 9.17) is 0 Å². The number of rotatable bonds is 3. The Hall–Kier alpha value is -1.82. The molecule has 104 valence electrons. The van der Waals surface area contributed by atoms with Crippen LogP contribution < -0.4 is 10.6 Å². The molecule has 0 aliphatic carbocycles. The predicted molar refractivity (Wildman–Crippen MR) is 76.0 cm³/mol. The molecule has 0 spiro atoms. The minimum absolute atomic E-state index is 0.0624. The van der Waals surface area contributed by atoms with E-state index >= 15 is 0 Å². The Morgan fingerprint density at radius 1 is 1.47 bits per heavy atom. The van der Waals surface area contributed by atoms with E-state index in [0.29, 0.717) is 5.70 Å². The lowest BCUT2D eigenvalue weighted by Crippen LogP contribution is -2.52. The van der Waals surface area contributed by atoms with Crippen molar-refractivity contribution in [2.24, 2.45) is 4.99 Å². The number of aliphatic imine (C=N–C) groups is 1. The van der Waals surface area contributed by atoms with Crippen LogP contribution in [0.1, 0.15) is 27.7 Å². The van der Waals surface area contributed by atoms with E-state index in [1.807, 2.05) is 17.7 Å². The molecule has 0 saturated carbocycles. The molecule has 0 saturated heterocycles. The Bertz CT molecular complexity index is 511. The van der Waals surface area contributed by atoms with Crippen molar-refractivity contribution in [2.75, 3.05) is 11.9 Å². The van der Waals surface area contributed by atoms with E-state index in [1.54, 1.807) is 18.6 Å². The van der Waals surface area contributed by atoms with E-state index in [1.165, 1.54) is 0 Å². The number of aliphatic hydroxyl groups is 1. The smallest absolute Gasteiger partial charge is 0.143 e. The van der Waals surface area contributed by atoms with Gasteiger partial charge >= 0.3 is 0 Å². The van der Waals surface area contributed by atoms with Gasteiger partial charge < -0.3 is 15.7 Å². The van der Waals surface area contributed by atoms with E-state index in [0.717, 1.165) is 5.82 Å². The summed E-state index contributed by atoms with van der Waals surface area (Å²) in [6.45, 7) is 8.17. The highest BCUT2D eigenvalue weighted by Gasteiger charge is 2.27. The van der Waals surface area contributed by atoms with Crippen LogP contribution in [0.4, 0.5) is 5.82 Å². The molecule has 6 nitrogen and oxygen atoms in total. The summed E-state index contributed by atoms with van der Waals surface area (Å²) >= 11 is 0. The third kappa shape index (κ3) is 2.96. The topological polar surface area (TPSA) is 74.5 Å². The van der Waals surface area contributed by atoms with Crippen molar-refractivity contribution in [3.8, 4) is 0 Å². The third-order valence-corrected chi connectivity index (χ3v) is 2.82. The number of nitrogens with zero attached hydrogens (tertiary/aromatic N) is 3. The van der Waals surface area contributed by atoms with Gasteiger partial charge in [0.15, 0.2) is 0 Å². The second-order valence-corrected chi connectivity index (χ2v) is 5.84. The summed E-state index contributed by atoms with van der Waals surface area (Å²) in [4.78, 5) is 4.15. The highest BCUT2D eigenvalue weighted by Crippen LogP contribution is 2.22. The van der Waals surface area contributed by atoms with Gasteiger partial charge in [0.2, 0.25) is 0 Å². The minimum Gasteiger partial charge on any atom is -0.390 e. The molecule has 1 atom stereocenters. The summed E-state index contributed by atoms with van der Waals surface area (Å²) in [5.74, 6) is 0.896. The van der Waals surface area contributed by atoms with Crippen LogP contribution in [-0.4, -0.2) is 33.4 Å². The van der Waals surface area contributed by atoms with E-state index in [9.17, 15) is 5.11 Å². The zero-order chi connectivity index (χ0) is 14.1. The lowest BCUT2D eigenvalue weighted by atomic mass is 10.1. The Morgan fingerprint density at radius 3 is 2.84 bits per heavy atom. The second-order valence-electron chi connectivity index (χ2n) is 5.84. The fourth-order valence-corrected chi connectivity index (χ4v) is 2.02. The highest BCUT2D eigenvalue weighted by molar-refractivity contribution is 5.75. The molecule has 0 fully saturated rings. The fourth-order valence-electron chi connectivity index (χ4n) is 2.02. The van der Waals surface area contributed by atoms with Gasteiger partial charge in [-0.05, 0) is 27.7 Å². The molecule has 0 radical (unpaired) electrons. The van der Waals surface area contributed by atoms with Crippen molar-refractivity contribution in [1.82, 2.24) is 15.1 Å². The number of aliphatic hydroxyl groups excluding tert-OH is 1. The molecule has 0 bridgehead atoms. The molecule has 1 aliphatic heterocycles. The summed E-state index contributed by atoms with van der Waals surface area (Å²) in [7, 11) is 0. The van der Waals surface area contributed by atoms with Gasteiger partial charge in [-0.2, -0.15) is 5.10 Å². The first-order valence-corrected chi connectivity index (χ1v) is 6.29. The van der Waals surface area contributed by atoms with Crippen LogP contribution >= 0.6 is 0 Å². The van der Waals surface area contributed by atoms with Crippen molar-refractivity contribution < 1.29 is 5.11 Å². The van der Waals surface area contributed by atoms with Gasteiger partial charge in [0.05, 0.1) is 24.0 Å². The molecule has 0 aromatic carbocycles. The van der Waals surface area contributed by atoms with Gasteiger partial charge in [0, 0.05) is 18.5 Å². The first kappa shape index (κ1) is 13.6. The fraction of sp³-hybridized carbons (Fsp3) is 0.538. The molecule has 3 N–H and O–H groups in total. The van der Waals surface area contributed by atoms with Crippen LogP contribution in [0.15, 0.2) is 29.2 Å². The van der Waals surface area contributed by atoms with Gasteiger partial charge in [0.25, 0.3) is 0 Å². The third-order valence-electron chi connectivity index (χ3n) is 2.82. The molecule has 0 amide bonds. The Morgan fingerprint density at radius 2 is 2.21 bits per heavy atom. The second kappa shape index (κ2) is 4.70. The average Bonchev–Trinajstić information content (AvgIpc) is 2.76. The lowest BCUT2D eigenvalue weighted by Gasteiger charge is -2.34. The number of hydrogen-bond donors (Lipinski definition) is 3. The van der Waals surface area contributed by atoms with Crippen LogP contribution in [0.5, 0.6) is 0 Å². The SMILES string of the molecule is CC1(Nc2ccnn2C(C)(C)C)C=NC=C(CO)N1. The van der Waals surface area contributed by atoms with Crippen LogP contribution in [-0.2, 0) is 5.54 Å². The molecule has 19 heavy (non-hydrogen) atoms. The zero-order valence-electron chi connectivity index (χ0n) is 11.8. The molecular weight excluding hydrogens is 242 g/mol. The standard InChI is InChI=1S/C13H21N5O/c1-12(2,3)18-11(5-6-15-18)17-13(4)9-14-7-10(8-19)16-13/h5-7,9,16-17,19H,8H2,1-4H3. The summed E-state index contributed by atoms with van der Waals surface area (Å²) in [5, 5.41) is 20.1. The molecule has 1 aromatic rings. The van der Waals surface area contributed by atoms with Crippen molar-refractivity contribution >= 4 is 12.0 Å². The first-order valence-electron chi connectivity index (χ1n) is 6.29. The maximum atomic E-state index is 9.18. The van der Waals surface area contributed by atoms with Crippen molar-refractivity contribution in [1.29, 1.82) is 0 Å². The summed E-state index contributed by atoms with van der Waals surface area (Å²) in [6, 6.07) is 1.92. The van der Waals surface area contributed by atoms with Gasteiger partial charge in [-0.15, -0.1) is 0 Å². The van der Waals surface area contributed by atoms with Crippen molar-refractivity contribution in [2.45, 2.75) is 38.9 Å². The Labute approximate surface area is 113 Å². The summed E-state index contributed by atoms with van der Waals surface area (Å²) in [6.07, 6.45) is 5.15. The summed E-state index contributed by atoms with van der Waals surface area (Å²) < 4.78 is 1.92. The number of hydrogen-bond acceptors (Lipinski definition) is 5. The van der Waals surface area contributed by atoms with Gasteiger partial charge in [-0.1, -0.05) is 0 Å². The lowest BCUT2D eigenvalue weighted by molar-refractivity contribution is 0.312.